The van der Waals surface area contributed by atoms with E-state index in [9.17, 15) is 0 Å². The van der Waals surface area contributed by atoms with Crippen LogP contribution in [0.1, 0.15) is 35.1 Å². The molecule has 0 radical (unpaired) electrons. The second-order valence-electron chi connectivity index (χ2n) is 9.73. The fourth-order valence-electron chi connectivity index (χ4n) is 5.83. The largest absolute Gasteiger partial charge is 0.481 e. The zero-order valence-electron chi connectivity index (χ0n) is 18.8. The SMILES string of the molecule is COc1nc(-c2cccc(-c3cccc4c3CCC4)c2Cl)cc(C)c1CN1CC2C[C@H]2C1. The molecule has 164 valence electrons. The van der Waals surface area contributed by atoms with Crippen molar-refractivity contribution in [2.24, 2.45) is 11.8 Å². The number of benzene rings is 2. The van der Waals surface area contributed by atoms with Gasteiger partial charge in [-0.25, -0.2) is 4.98 Å². The van der Waals surface area contributed by atoms with Gasteiger partial charge in [0.15, 0.2) is 0 Å². The third kappa shape index (κ3) is 3.43. The van der Waals surface area contributed by atoms with E-state index in [0.29, 0.717) is 0 Å². The minimum atomic E-state index is 0.725. The van der Waals surface area contributed by atoms with Crippen molar-refractivity contribution in [3.63, 3.8) is 0 Å². The first kappa shape index (κ1) is 20.3. The van der Waals surface area contributed by atoms with E-state index in [1.165, 1.54) is 60.2 Å². The van der Waals surface area contributed by atoms with Gasteiger partial charge in [0.1, 0.15) is 0 Å². The number of aromatic nitrogens is 1. The van der Waals surface area contributed by atoms with Crippen molar-refractivity contribution in [1.29, 1.82) is 0 Å². The Morgan fingerprint density at radius 1 is 1.03 bits per heavy atom. The molecule has 2 atom stereocenters. The zero-order valence-corrected chi connectivity index (χ0v) is 19.6. The lowest BCUT2D eigenvalue weighted by atomic mass is 9.94. The maximum Gasteiger partial charge on any atom is 0.218 e. The van der Waals surface area contributed by atoms with Crippen LogP contribution in [0, 0.1) is 18.8 Å². The van der Waals surface area contributed by atoms with E-state index in [4.69, 9.17) is 21.3 Å². The summed E-state index contributed by atoms with van der Waals surface area (Å²) in [7, 11) is 1.72. The number of methoxy groups -OCH3 is 1. The van der Waals surface area contributed by atoms with Crippen molar-refractivity contribution in [3.05, 3.63) is 69.7 Å². The first-order chi connectivity index (χ1) is 15.6. The van der Waals surface area contributed by atoms with Gasteiger partial charge in [0, 0.05) is 36.3 Å². The van der Waals surface area contributed by atoms with Gasteiger partial charge in [0.2, 0.25) is 5.88 Å². The average molecular weight is 445 g/mol. The van der Waals surface area contributed by atoms with Gasteiger partial charge in [0.05, 0.1) is 17.8 Å². The second-order valence-corrected chi connectivity index (χ2v) is 10.1. The van der Waals surface area contributed by atoms with Gasteiger partial charge < -0.3 is 4.74 Å². The molecule has 1 saturated carbocycles. The predicted octanol–water partition coefficient (Wildman–Crippen LogP) is 6.33. The molecule has 1 unspecified atom stereocenters. The topological polar surface area (TPSA) is 25.4 Å². The Kier molecular flexibility index (Phi) is 5.00. The molecule has 3 aliphatic rings. The summed E-state index contributed by atoms with van der Waals surface area (Å²) in [4.78, 5) is 7.48. The van der Waals surface area contributed by atoms with E-state index in [2.05, 4.69) is 54.3 Å². The van der Waals surface area contributed by atoms with Crippen molar-refractivity contribution in [3.8, 4) is 28.3 Å². The number of aryl methyl sites for hydroxylation is 2. The first-order valence-corrected chi connectivity index (χ1v) is 12.2. The third-order valence-corrected chi connectivity index (χ3v) is 8.06. The van der Waals surface area contributed by atoms with Crippen LogP contribution in [0.2, 0.25) is 5.02 Å². The number of fused-ring (bicyclic) bond motifs is 2. The van der Waals surface area contributed by atoms with E-state index in [1.54, 1.807) is 7.11 Å². The Morgan fingerprint density at radius 2 is 1.78 bits per heavy atom. The highest BCUT2D eigenvalue weighted by Crippen LogP contribution is 2.46. The van der Waals surface area contributed by atoms with Crippen LogP contribution in [0.4, 0.5) is 0 Å². The molecule has 2 heterocycles. The quantitative estimate of drug-likeness (QED) is 0.460. The summed E-state index contributed by atoms with van der Waals surface area (Å²) in [5.41, 5.74) is 9.54. The van der Waals surface area contributed by atoms with E-state index in [-0.39, 0.29) is 0 Å². The number of likely N-dealkylation sites (tertiary alicyclic amines) is 1. The molecule has 0 amide bonds. The monoisotopic (exact) mass is 444 g/mol. The van der Waals surface area contributed by atoms with Gasteiger partial charge in [-0.2, -0.15) is 0 Å². The Morgan fingerprint density at radius 3 is 2.59 bits per heavy atom. The molecule has 1 aliphatic heterocycles. The van der Waals surface area contributed by atoms with Gasteiger partial charge in [-0.3, -0.25) is 4.90 Å². The summed E-state index contributed by atoms with van der Waals surface area (Å²) < 4.78 is 5.77. The molecule has 4 heteroatoms. The van der Waals surface area contributed by atoms with Crippen LogP contribution in [-0.4, -0.2) is 30.1 Å². The summed E-state index contributed by atoms with van der Waals surface area (Å²) >= 11 is 7.04. The fraction of sp³-hybridized carbons (Fsp3) is 0.393. The third-order valence-electron chi connectivity index (χ3n) is 7.65. The van der Waals surface area contributed by atoms with Crippen molar-refractivity contribution in [2.45, 2.75) is 39.2 Å². The molecular weight excluding hydrogens is 416 g/mol. The van der Waals surface area contributed by atoms with Gasteiger partial charge in [0.25, 0.3) is 0 Å². The summed E-state index contributed by atoms with van der Waals surface area (Å²) in [5.74, 6) is 2.58. The molecule has 0 bridgehead atoms. The lowest BCUT2D eigenvalue weighted by Gasteiger charge is -2.21. The minimum absolute atomic E-state index is 0.725. The molecule has 6 rings (SSSR count). The molecule has 0 spiro atoms. The molecular formula is C28H29ClN2O. The van der Waals surface area contributed by atoms with Crippen LogP contribution in [-0.2, 0) is 19.4 Å². The lowest BCUT2D eigenvalue weighted by molar-refractivity contribution is 0.288. The van der Waals surface area contributed by atoms with Crippen LogP contribution in [0.5, 0.6) is 5.88 Å². The van der Waals surface area contributed by atoms with E-state index >= 15 is 0 Å². The van der Waals surface area contributed by atoms with E-state index in [1.807, 2.05) is 0 Å². The van der Waals surface area contributed by atoms with Crippen LogP contribution in [0.15, 0.2) is 42.5 Å². The van der Waals surface area contributed by atoms with Crippen molar-refractivity contribution in [2.75, 3.05) is 20.2 Å². The number of pyridine rings is 1. The smallest absolute Gasteiger partial charge is 0.218 e. The number of halogens is 1. The number of piperidine rings is 1. The number of hydrogen-bond acceptors (Lipinski definition) is 3. The highest BCUT2D eigenvalue weighted by Gasteiger charge is 2.45. The van der Waals surface area contributed by atoms with E-state index < -0.39 is 0 Å². The minimum Gasteiger partial charge on any atom is -0.481 e. The second kappa shape index (κ2) is 7.90. The lowest BCUT2D eigenvalue weighted by Crippen LogP contribution is -2.23. The highest BCUT2D eigenvalue weighted by molar-refractivity contribution is 6.36. The van der Waals surface area contributed by atoms with Gasteiger partial charge >= 0.3 is 0 Å². The van der Waals surface area contributed by atoms with Gasteiger partial charge in [-0.1, -0.05) is 48.0 Å². The molecule has 3 aromatic rings. The molecule has 1 aromatic heterocycles. The first-order valence-electron chi connectivity index (χ1n) is 11.8. The summed E-state index contributed by atoms with van der Waals surface area (Å²) in [6.07, 6.45) is 4.94. The Labute approximate surface area is 195 Å². The normalized spacial score (nSPS) is 21.5. The number of rotatable bonds is 5. The standard InChI is InChI=1S/C28H29ClN2O/c1-17-12-26(30-28(32-2)25(17)16-31-14-19-13-20(19)15-31)24-11-5-10-23(27(24)29)22-9-4-7-18-6-3-8-21(18)22/h4-5,7,9-12,19-20H,3,6,8,13-16H2,1-2H3/t19-,20?/m0/s1. The van der Waals surface area contributed by atoms with Crippen LogP contribution in [0.25, 0.3) is 22.4 Å². The average Bonchev–Trinajstić information content (AvgIpc) is 3.18. The molecule has 2 aliphatic carbocycles. The van der Waals surface area contributed by atoms with Crippen LogP contribution < -0.4 is 4.74 Å². The summed E-state index contributed by atoms with van der Waals surface area (Å²) in [5, 5.41) is 0.772. The van der Waals surface area contributed by atoms with Gasteiger partial charge in [-0.15, -0.1) is 0 Å². The number of ether oxygens (including phenoxy) is 1. The van der Waals surface area contributed by atoms with E-state index in [0.717, 1.165) is 52.5 Å². The highest BCUT2D eigenvalue weighted by atomic mass is 35.5. The van der Waals surface area contributed by atoms with Crippen molar-refractivity contribution >= 4 is 11.6 Å². The molecule has 1 saturated heterocycles. The Hall–Kier alpha value is -2.36. The van der Waals surface area contributed by atoms with Crippen LogP contribution in [0.3, 0.4) is 0 Å². The maximum absolute atomic E-state index is 7.04. The molecule has 3 nitrogen and oxygen atoms in total. The van der Waals surface area contributed by atoms with Crippen LogP contribution >= 0.6 is 11.6 Å². The molecule has 2 fully saturated rings. The fourth-order valence-corrected chi connectivity index (χ4v) is 6.15. The Balaban J connectivity index is 1.38. The van der Waals surface area contributed by atoms with Crippen molar-refractivity contribution in [1.82, 2.24) is 9.88 Å². The molecule has 2 aromatic carbocycles. The van der Waals surface area contributed by atoms with Crippen molar-refractivity contribution < 1.29 is 4.74 Å². The number of hydrogen-bond donors (Lipinski definition) is 0. The molecule has 32 heavy (non-hydrogen) atoms. The Bertz CT molecular complexity index is 1190. The summed E-state index contributed by atoms with van der Waals surface area (Å²) in [6.45, 7) is 5.51. The maximum atomic E-state index is 7.04. The zero-order chi connectivity index (χ0) is 21.8. The number of nitrogens with zero attached hydrogens (tertiary/aromatic N) is 2. The summed E-state index contributed by atoms with van der Waals surface area (Å²) in [6, 6.07) is 15.1. The van der Waals surface area contributed by atoms with Gasteiger partial charge in [-0.05, 0) is 72.8 Å². The molecule has 0 N–H and O–H groups in total. The predicted molar refractivity (Wildman–Crippen MR) is 130 cm³/mol.